The molecule has 1 unspecified atom stereocenters. The predicted octanol–water partition coefficient (Wildman–Crippen LogP) is 1.40. The van der Waals surface area contributed by atoms with Crippen molar-refractivity contribution in [2.75, 3.05) is 6.61 Å². The van der Waals surface area contributed by atoms with Crippen molar-refractivity contribution in [1.82, 2.24) is 5.64 Å². The molecule has 0 aromatic carbocycles. The van der Waals surface area contributed by atoms with Gasteiger partial charge in [-0.3, -0.25) is 9.68 Å². The highest BCUT2D eigenvalue weighted by Crippen LogP contribution is 2.10. The van der Waals surface area contributed by atoms with Crippen LogP contribution < -0.4 is 5.64 Å². The van der Waals surface area contributed by atoms with Crippen LogP contribution in [0, 0.1) is 0 Å². The molecule has 1 aliphatic heterocycles. The molecule has 0 radical (unpaired) electrons. The third kappa shape index (κ3) is 2.64. The summed E-state index contributed by atoms with van der Waals surface area (Å²) in [6.07, 6.45) is 5.01. The zero-order valence-corrected chi connectivity index (χ0v) is 6.43. The molecule has 0 saturated carbocycles. The molecule has 1 aliphatic rings. The van der Waals surface area contributed by atoms with Crippen molar-refractivity contribution in [2.45, 2.75) is 38.7 Å². The molecule has 0 amide bonds. The Hall–Kier alpha value is -0.120. The van der Waals surface area contributed by atoms with Gasteiger partial charge in [0.15, 0.2) is 0 Å². The standard InChI is InChI=1S/C7H15NO2/c1-2-3-4-7-5-6-9-8-10-7/h7-8H,2-6H2,1H3. The first-order chi connectivity index (χ1) is 4.93. The van der Waals surface area contributed by atoms with E-state index in [9.17, 15) is 0 Å². The molecule has 0 aromatic rings. The first kappa shape index (κ1) is 7.98. The van der Waals surface area contributed by atoms with Crippen LogP contribution in [0.25, 0.3) is 0 Å². The minimum atomic E-state index is 0.369. The first-order valence-corrected chi connectivity index (χ1v) is 3.96. The highest BCUT2D eigenvalue weighted by Gasteiger charge is 2.12. The van der Waals surface area contributed by atoms with E-state index in [-0.39, 0.29) is 0 Å². The molecule has 1 atom stereocenters. The van der Waals surface area contributed by atoms with Crippen molar-refractivity contribution in [3.05, 3.63) is 0 Å². The van der Waals surface area contributed by atoms with Gasteiger partial charge in [-0.05, 0) is 6.42 Å². The maximum absolute atomic E-state index is 5.11. The third-order valence-corrected chi connectivity index (χ3v) is 1.70. The number of rotatable bonds is 3. The molecule has 3 heteroatoms. The topological polar surface area (TPSA) is 30.5 Å². The van der Waals surface area contributed by atoms with Crippen LogP contribution in [0.15, 0.2) is 0 Å². The minimum Gasteiger partial charge on any atom is -0.277 e. The van der Waals surface area contributed by atoms with Crippen molar-refractivity contribution in [3.63, 3.8) is 0 Å². The number of unbranched alkanes of at least 4 members (excludes halogenated alkanes) is 1. The Bertz CT molecular complexity index is 81.7. The molecular weight excluding hydrogens is 130 g/mol. The van der Waals surface area contributed by atoms with E-state index >= 15 is 0 Å². The summed E-state index contributed by atoms with van der Waals surface area (Å²) in [5.74, 6) is 0. The number of hydrogen-bond donors (Lipinski definition) is 1. The maximum Gasteiger partial charge on any atom is 0.0840 e. The van der Waals surface area contributed by atoms with Gasteiger partial charge in [-0.25, -0.2) is 0 Å². The van der Waals surface area contributed by atoms with Crippen LogP contribution in [-0.4, -0.2) is 12.7 Å². The van der Waals surface area contributed by atoms with Crippen molar-refractivity contribution in [3.8, 4) is 0 Å². The van der Waals surface area contributed by atoms with Gasteiger partial charge in [-0.2, -0.15) is 0 Å². The summed E-state index contributed by atoms with van der Waals surface area (Å²) in [5, 5.41) is 0. The van der Waals surface area contributed by atoms with Gasteiger partial charge in [-0.15, -0.1) is 0 Å². The quantitative estimate of drug-likeness (QED) is 0.651. The smallest absolute Gasteiger partial charge is 0.0840 e. The maximum atomic E-state index is 5.11. The van der Waals surface area contributed by atoms with Gasteiger partial charge >= 0.3 is 0 Å². The van der Waals surface area contributed by atoms with Crippen LogP contribution in [0.3, 0.4) is 0 Å². The monoisotopic (exact) mass is 145 g/mol. The highest BCUT2D eigenvalue weighted by molar-refractivity contribution is 4.57. The van der Waals surface area contributed by atoms with Gasteiger partial charge in [0.05, 0.1) is 12.7 Å². The Labute approximate surface area is 61.6 Å². The van der Waals surface area contributed by atoms with Crippen molar-refractivity contribution < 1.29 is 9.68 Å². The Morgan fingerprint density at radius 2 is 2.50 bits per heavy atom. The van der Waals surface area contributed by atoms with E-state index in [1.807, 2.05) is 0 Å². The van der Waals surface area contributed by atoms with Gasteiger partial charge in [0.25, 0.3) is 0 Å². The molecule has 1 heterocycles. The number of nitrogens with one attached hydrogen (secondary N) is 1. The van der Waals surface area contributed by atoms with Crippen LogP contribution in [-0.2, 0) is 9.68 Å². The fourth-order valence-corrected chi connectivity index (χ4v) is 1.03. The van der Waals surface area contributed by atoms with E-state index in [0.717, 1.165) is 19.4 Å². The summed E-state index contributed by atoms with van der Waals surface area (Å²) in [7, 11) is 0. The second kappa shape index (κ2) is 4.66. The molecule has 1 N–H and O–H groups in total. The molecular formula is C7H15NO2. The summed E-state index contributed by atoms with van der Waals surface area (Å²) in [6, 6.07) is 0. The fourth-order valence-electron chi connectivity index (χ4n) is 1.03. The lowest BCUT2D eigenvalue weighted by Gasteiger charge is -2.21. The minimum absolute atomic E-state index is 0.369. The molecule has 0 spiro atoms. The Kier molecular flexibility index (Phi) is 3.72. The summed E-state index contributed by atoms with van der Waals surface area (Å²) in [5.41, 5.74) is 2.44. The Balaban J connectivity index is 2.02. The number of hydrogen-bond acceptors (Lipinski definition) is 3. The summed E-state index contributed by atoms with van der Waals surface area (Å²) < 4.78 is 0. The molecule has 0 aliphatic carbocycles. The zero-order valence-electron chi connectivity index (χ0n) is 6.43. The van der Waals surface area contributed by atoms with Gasteiger partial charge < -0.3 is 0 Å². The van der Waals surface area contributed by atoms with Gasteiger partial charge in [0, 0.05) is 6.42 Å². The second-order valence-electron chi connectivity index (χ2n) is 2.60. The largest absolute Gasteiger partial charge is 0.277 e. The van der Waals surface area contributed by atoms with Gasteiger partial charge in [0.1, 0.15) is 0 Å². The highest BCUT2D eigenvalue weighted by atomic mass is 16.9. The van der Waals surface area contributed by atoms with Crippen LogP contribution in [0.4, 0.5) is 0 Å². The van der Waals surface area contributed by atoms with E-state index in [1.54, 1.807) is 0 Å². The molecule has 3 nitrogen and oxygen atoms in total. The first-order valence-electron chi connectivity index (χ1n) is 3.96. The lowest BCUT2D eigenvalue weighted by Crippen LogP contribution is -2.32. The summed E-state index contributed by atoms with van der Waals surface area (Å²) >= 11 is 0. The average molecular weight is 145 g/mol. The average Bonchev–Trinajstić information content (AvgIpc) is 2.03. The van der Waals surface area contributed by atoms with E-state index in [1.165, 1.54) is 12.8 Å². The molecule has 60 valence electrons. The molecule has 1 rings (SSSR count). The van der Waals surface area contributed by atoms with E-state index in [4.69, 9.17) is 9.68 Å². The van der Waals surface area contributed by atoms with Crippen LogP contribution in [0.2, 0.25) is 0 Å². The fraction of sp³-hybridized carbons (Fsp3) is 1.00. The van der Waals surface area contributed by atoms with Gasteiger partial charge in [0.2, 0.25) is 0 Å². The van der Waals surface area contributed by atoms with Crippen LogP contribution in [0.1, 0.15) is 32.6 Å². The molecule has 1 saturated heterocycles. The predicted molar refractivity (Wildman–Crippen MR) is 38.1 cm³/mol. The van der Waals surface area contributed by atoms with Gasteiger partial charge in [-0.1, -0.05) is 25.4 Å². The van der Waals surface area contributed by atoms with Crippen molar-refractivity contribution in [1.29, 1.82) is 0 Å². The SMILES string of the molecule is CCCCC1CCONO1. The summed E-state index contributed by atoms with van der Waals surface area (Å²) in [4.78, 5) is 9.92. The second-order valence-corrected chi connectivity index (χ2v) is 2.60. The molecule has 10 heavy (non-hydrogen) atoms. The normalized spacial score (nSPS) is 26.7. The zero-order chi connectivity index (χ0) is 7.23. The van der Waals surface area contributed by atoms with E-state index in [0.29, 0.717) is 6.10 Å². The molecule has 0 aromatic heterocycles. The Morgan fingerprint density at radius 1 is 1.60 bits per heavy atom. The lowest BCUT2D eigenvalue weighted by molar-refractivity contribution is -0.240. The van der Waals surface area contributed by atoms with E-state index in [2.05, 4.69) is 12.6 Å². The van der Waals surface area contributed by atoms with Crippen LogP contribution in [0.5, 0.6) is 0 Å². The van der Waals surface area contributed by atoms with Crippen molar-refractivity contribution in [2.24, 2.45) is 0 Å². The third-order valence-electron chi connectivity index (χ3n) is 1.70. The van der Waals surface area contributed by atoms with Crippen LogP contribution >= 0.6 is 0 Å². The lowest BCUT2D eigenvalue weighted by atomic mass is 10.1. The van der Waals surface area contributed by atoms with E-state index < -0.39 is 0 Å². The summed E-state index contributed by atoms with van der Waals surface area (Å²) in [6.45, 7) is 2.96. The molecule has 0 bridgehead atoms. The Morgan fingerprint density at radius 3 is 3.10 bits per heavy atom. The van der Waals surface area contributed by atoms with Crippen molar-refractivity contribution >= 4 is 0 Å². The molecule has 1 fully saturated rings.